The Morgan fingerprint density at radius 3 is 2.62 bits per heavy atom. The summed E-state index contributed by atoms with van der Waals surface area (Å²) in [7, 11) is 0. The molecule has 4 heteroatoms. The second-order valence-electron chi connectivity index (χ2n) is 7.83. The molecule has 0 bridgehead atoms. The van der Waals surface area contributed by atoms with E-state index in [1.165, 1.54) is 11.1 Å². The summed E-state index contributed by atoms with van der Waals surface area (Å²) in [6.07, 6.45) is 7.59. The van der Waals surface area contributed by atoms with Crippen LogP contribution in [0.4, 0.5) is 5.69 Å². The summed E-state index contributed by atoms with van der Waals surface area (Å²) in [5.41, 5.74) is 4.70. The number of carbonyl (C=O) groups excluding carboxylic acids is 1. The van der Waals surface area contributed by atoms with Gasteiger partial charge in [-0.2, -0.15) is 0 Å². The van der Waals surface area contributed by atoms with E-state index in [0.29, 0.717) is 12.5 Å². The smallest absolute Gasteiger partial charge is 0.231 e. The molecule has 2 heterocycles. The van der Waals surface area contributed by atoms with Crippen molar-refractivity contribution in [2.75, 3.05) is 31.2 Å². The van der Waals surface area contributed by atoms with Crippen molar-refractivity contribution in [2.45, 2.75) is 38.6 Å². The molecule has 4 rings (SSSR count). The minimum Gasteiger partial charge on any atom is -0.379 e. The van der Waals surface area contributed by atoms with Gasteiger partial charge in [0, 0.05) is 31.8 Å². The third kappa shape index (κ3) is 4.60. The van der Waals surface area contributed by atoms with E-state index in [1.807, 2.05) is 35.4 Å². The van der Waals surface area contributed by atoms with E-state index >= 15 is 0 Å². The van der Waals surface area contributed by atoms with Gasteiger partial charge >= 0.3 is 0 Å². The van der Waals surface area contributed by atoms with E-state index in [0.717, 1.165) is 56.8 Å². The minimum atomic E-state index is 0.167. The molecule has 0 spiro atoms. The van der Waals surface area contributed by atoms with Crippen LogP contribution >= 0.6 is 0 Å². The van der Waals surface area contributed by atoms with Crippen LogP contribution in [0, 0.1) is 0 Å². The fourth-order valence-corrected chi connectivity index (χ4v) is 4.33. The van der Waals surface area contributed by atoms with Crippen molar-refractivity contribution in [3.63, 3.8) is 0 Å². The van der Waals surface area contributed by atoms with Gasteiger partial charge in [-0.1, -0.05) is 55.8 Å². The summed E-state index contributed by atoms with van der Waals surface area (Å²) in [6, 6.07) is 17.3. The third-order valence-corrected chi connectivity index (χ3v) is 5.89. The molecule has 1 fully saturated rings. The van der Waals surface area contributed by atoms with E-state index in [1.54, 1.807) is 0 Å². The van der Waals surface area contributed by atoms with Gasteiger partial charge in [-0.3, -0.25) is 14.6 Å². The van der Waals surface area contributed by atoms with Crippen LogP contribution in [0.25, 0.3) is 6.08 Å². The van der Waals surface area contributed by atoms with Gasteiger partial charge in [0.25, 0.3) is 0 Å². The Hall–Kier alpha value is -2.43. The first-order chi connectivity index (χ1) is 14.3. The molecule has 2 aromatic carbocycles. The van der Waals surface area contributed by atoms with Crippen LogP contribution in [0.2, 0.25) is 0 Å². The van der Waals surface area contributed by atoms with Gasteiger partial charge in [0.15, 0.2) is 0 Å². The summed E-state index contributed by atoms with van der Waals surface area (Å²) in [5, 5.41) is 0. The quantitative estimate of drug-likeness (QED) is 0.710. The average Bonchev–Trinajstić information content (AvgIpc) is 2.78. The molecule has 0 saturated carbocycles. The minimum absolute atomic E-state index is 0.167. The maximum absolute atomic E-state index is 12.7. The molecule has 1 amide bonds. The molecular formula is C25H30N2O2. The number of carbonyl (C=O) groups is 1. The summed E-state index contributed by atoms with van der Waals surface area (Å²) in [4.78, 5) is 17.1. The van der Waals surface area contributed by atoms with Gasteiger partial charge in [0.05, 0.1) is 18.9 Å². The predicted octanol–water partition coefficient (Wildman–Crippen LogP) is 4.81. The Labute approximate surface area is 173 Å². The lowest BCUT2D eigenvalue weighted by Crippen LogP contribution is -2.39. The van der Waals surface area contributed by atoms with Crippen molar-refractivity contribution < 1.29 is 9.53 Å². The molecule has 1 saturated heterocycles. The van der Waals surface area contributed by atoms with E-state index < -0.39 is 0 Å². The summed E-state index contributed by atoms with van der Waals surface area (Å²) >= 11 is 0. The van der Waals surface area contributed by atoms with Crippen LogP contribution in [0.3, 0.4) is 0 Å². The van der Waals surface area contributed by atoms with Gasteiger partial charge in [-0.15, -0.1) is 0 Å². The lowest BCUT2D eigenvalue weighted by molar-refractivity contribution is -0.118. The molecule has 4 nitrogen and oxygen atoms in total. The van der Waals surface area contributed by atoms with Crippen LogP contribution in [-0.4, -0.2) is 37.1 Å². The molecule has 2 aliphatic heterocycles. The highest BCUT2D eigenvalue weighted by Crippen LogP contribution is 2.34. The van der Waals surface area contributed by atoms with Crippen LogP contribution < -0.4 is 4.90 Å². The second kappa shape index (κ2) is 9.38. The van der Waals surface area contributed by atoms with Crippen LogP contribution in [0.15, 0.2) is 54.7 Å². The highest BCUT2D eigenvalue weighted by atomic mass is 16.5. The van der Waals surface area contributed by atoms with Crippen LogP contribution in [0.1, 0.15) is 48.9 Å². The van der Waals surface area contributed by atoms with Gasteiger partial charge < -0.3 is 4.74 Å². The van der Waals surface area contributed by atoms with Gasteiger partial charge in [-0.25, -0.2) is 0 Å². The predicted molar refractivity (Wildman–Crippen MR) is 118 cm³/mol. The van der Waals surface area contributed by atoms with Crippen molar-refractivity contribution in [1.82, 2.24) is 4.90 Å². The van der Waals surface area contributed by atoms with Crippen molar-refractivity contribution >= 4 is 17.7 Å². The van der Waals surface area contributed by atoms with E-state index in [-0.39, 0.29) is 5.91 Å². The fraction of sp³-hybridized carbons (Fsp3) is 0.400. The molecule has 0 aliphatic carbocycles. The SMILES string of the molecule is CCCC(c1ccc2c(c1)N(C=Cc1ccccc1)C(=O)CC2)N1CCOCC1. The van der Waals surface area contributed by atoms with Gasteiger partial charge in [0.2, 0.25) is 5.91 Å². The Morgan fingerprint density at radius 1 is 1.07 bits per heavy atom. The number of benzene rings is 2. The number of aryl methyl sites for hydroxylation is 1. The lowest BCUT2D eigenvalue weighted by Gasteiger charge is -2.36. The largest absolute Gasteiger partial charge is 0.379 e. The van der Waals surface area contributed by atoms with Gasteiger partial charge in [-0.05, 0) is 41.7 Å². The Morgan fingerprint density at radius 2 is 1.86 bits per heavy atom. The first-order valence-electron chi connectivity index (χ1n) is 10.8. The summed E-state index contributed by atoms with van der Waals surface area (Å²) in [5.74, 6) is 0.167. The summed E-state index contributed by atoms with van der Waals surface area (Å²) < 4.78 is 5.56. The van der Waals surface area contributed by atoms with Crippen molar-refractivity contribution in [2.24, 2.45) is 0 Å². The van der Waals surface area contributed by atoms with E-state index in [4.69, 9.17) is 4.74 Å². The maximum Gasteiger partial charge on any atom is 0.231 e. The summed E-state index contributed by atoms with van der Waals surface area (Å²) in [6.45, 7) is 5.78. The van der Waals surface area contributed by atoms with Gasteiger partial charge in [0.1, 0.15) is 0 Å². The zero-order chi connectivity index (χ0) is 20.1. The number of rotatable bonds is 6. The number of anilines is 1. The standard InChI is InChI=1S/C25H30N2O2/c1-2-6-23(26-15-17-29-18-16-26)22-10-9-21-11-12-25(28)27(24(21)19-22)14-13-20-7-4-3-5-8-20/h3-5,7-10,13-14,19,23H,2,6,11-12,15-18H2,1H3. The van der Waals surface area contributed by atoms with Crippen molar-refractivity contribution in [3.8, 4) is 0 Å². The van der Waals surface area contributed by atoms with E-state index in [9.17, 15) is 4.79 Å². The molecule has 152 valence electrons. The lowest BCUT2D eigenvalue weighted by atomic mass is 9.94. The van der Waals surface area contributed by atoms with Crippen LogP contribution in [0.5, 0.6) is 0 Å². The Kier molecular flexibility index (Phi) is 6.43. The molecular weight excluding hydrogens is 360 g/mol. The van der Waals surface area contributed by atoms with Crippen LogP contribution in [-0.2, 0) is 16.0 Å². The first-order valence-corrected chi connectivity index (χ1v) is 10.8. The molecule has 1 unspecified atom stereocenters. The zero-order valence-electron chi connectivity index (χ0n) is 17.2. The topological polar surface area (TPSA) is 32.8 Å². The Bertz CT molecular complexity index is 856. The van der Waals surface area contributed by atoms with Crippen molar-refractivity contribution in [3.05, 3.63) is 71.4 Å². The normalized spacial score (nSPS) is 18.8. The Balaban J connectivity index is 1.65. The first kappa shape index (κ1) is 19.9. The highest BCUT2D eigenvalue weighted by molar-refractivity contribution is 5.99. The molecule has 0 N–H and O–H groups in total. The van der Waals surface area contributed by atoms with Crippen molar-refractivity contribution in [1.29, 1.82) is 0 Å². The highest BCUT2D eigenvalue weighted by Gasteiger charge is 2.26. The molecule has 0 aromatic heterocycles. The number of morpholine rings is 1. The number of nitrogens with zero attached hydrogens (tertiary/aromatic N) is 2. The molecule has 1 atom stereocenters. The zero-order valence-corrected chi connectivity index (χ0v) is 17.2. The second-order valence-corrected chi connectivity index (χ2v) is 7.83. The maximum atomic E-state index is 12.7. The monoisotopic (exact) mass is 390 g/mol. The molecule has 2 aliphatic rings. The molecule has 0 radical (unpaired) electrons. The number of amides is 1. The average molecular weight is 391 g/mol. The third-order valence-electron chi connectivity index (χ3n) is 5.89. The number of fused-ring (bicyclic) bond motifs is 1. The fourth-order valence-electron chi connectivity index (χ4n) is 4.33. The number of ether oxygens (including phenoxy) is 1. The number of hydrogen-bond donors (Lipinski definition) is 0. The molecule has 29 heavy (non-hydrogen) atoms. The van der Waals surface area contributed by atoms with E-state index in [2.05, 4.69) is 42.2 Å². The number of hydrogen-bond acceptors (Lipinski definition) is 3. The molecule has 2 aromatic rings.